The zero-order chi connectivity index (χ0) is 21.8. The Bertz CT molecular complexity index is 1020. The number of hydrogen-bond donors (Lipinski definition) is 5. The summed E-state index contributed by atoms with van der Waals surface area (Å²) in [5.74, 6) is 0.815. The lowest BCUT2D eigenvalue weighted by molar-refractivity contribution is 0.271. The van der Waals surface area contributed by atoms with E-state index in [-0.39, 0.29) is 42.5 Å². The first-order chi connectivity index (χ1) is 14.4. The number of ether oxygens (including phenoxy) is 1. The third kappa shape index (κ3) is 4.30. The Morgan fingerprint density at radius 2 is 1.93 bits per heavy atom. The fourth-order valence-electron chi connectivity index (χ4n) is 2.91. The maximum atomic E-state index is 10.2. The molecule has 0 aliphatic carbocycles. The fraction of sp³-hybridized carbons (Fsp3) is 0.474. The van der Waals surface area contributed by atoms with Crippen molar-refractivity contribution in [1.82, 2.24) is 25.0 Å². The standard InChI is InChI=1S/C19H27N7O4/c1-5-12(9-27)21-19-22-17(16-18(23-19)26(10(2)3)25-24-16)20-8-11-6-14(29)15(30-4)7-13(11)28/h6-7,10,12,27-29H,5,8-9H2,1-4H3,(H2,20,21,22,23). The molecule has 0 aliphatic rings. The van der Waals surface area contributed by atoms with E-state index in [1.165, 1.54) is 19.2 Å². The van der Waals surface area contributed by atoms with Crippen LogP contribution >= 0.6 is 0 Å². The van der Waals surface area contributed by atoms with Gasteiger partial charge in [0.1, 0.15) is 5.75 Å². The Morgan fingerprint density at radius 3 is 2.57 bits per heavy atom. The molecule has 11 heteroatoms. The van der Waals surface area contributed by atoms with Crippen molar-refractivity contribution < 1.29 is 20.1 Å². The molecule has 2 heterocycles. The number of rotatable bonds is 9. The molecule has 2 aromatic heterocycles. The summed E-state index contributed by atoms with van der Waals surface area (Å²) in [4.78, 5) is 9.00. The number of aromatic hydroxyl groups is 2. The van der Waals surface area contributed by atoms with E-state index in [1.54, 1.807) is 4.68 Å². The van der Waals surface area contributed by atoms with Gasteiger partial charge in [0.05, 0.1) is 25.8 Å². The highest BCUT2D eigenvalue weighted by molar-refractivity contribution is 5.83. The molecule has 0 spiro atoms. The summed E-state index contributed by atoms with van der Waals surface area (Å²) in [6.07, 6.45) is 0.696. The molecule has 0 amide bonds. The largest absolute Gasteiger partial charge is 0.507 e. The Morgan fingerprint density at radius 1 is 1.17 bits per heavy atom. The highest BCUT2D eigenvalue weighted by Gasteiger charge is 2.18. The summed E-state index contributed by atoms with van der Waals surface area (Å²) in [6, 6.07) is 2.61. The van der Waals surface area contributed by atoms with Crippen molar-refractivity contribution in [2.24, 2.45) is 0 Å². The maximum Gasteiger partial charge on any atom is 0.227 e. The van der Waals surface area contributed by atoms with Crippen LogP contribution in [0.4, 0.5) is 11.8 Å². The van der Waals surface area contributed by atoms with Gasteiger partial charge in [-0.15, -0.1) is 5.10 Å². The van der Waals surface area contributed by atoms with E-state index < -0.39 is 0 Å². The van der Waals surface area contributed by atoms with E-state index in [0.29, 0.717) is 34.9 Å². The number of methoxy groups -OCH3 is 1. The average Bonchev–Trinajstić information content (AvgIpc) is 3.16. The van der Waals surface area contributed by atoms with Crippen LogP contribution in [-0.4, -0.2) is 60.0 Å². The van der Waals surface area contributed by atoms with Crippen molar-refractivity contribution in [3.63, 3.8) is 0 Å². The van der Waals surface area contributed by atoms with Crippen LogP contribution in [0.25, 0.3) is 11.2 Å². The third-order valence-corrected chi connectivity index (χ3v) is 4.69. The lowest BCUT2D eigenvalue weighted by atomic mass is 10.1. The highest BCUT2D eigenvalue weighted by Crippen LogP contribution is 2.33. The summed E-state index contributed by atoms with van der Waals surface area (Å²) >= 11 is 0. The average molecular weight is 417 g/mol. The van der Waals surface area contributed by atoms with Crippen LogP contribution in [0.2, 0.25) is 0 Å². The monoisotopic (exact) mass is 417 g/mol. The number of aliphatic hydroxyl groups is 1. The molecule has 3 aromatic rings. The number of aromatic nitrogens is 5. The predicted molar refractivity (Wildman–Crippen MR) is 112 cm³/mol. The zero-order valence-electron chi connectivity index (χ0n) is 17.4. The van der Waals surface area contributed by atoms with Gasteiger partial charge >= 0.3 is 0 Å². The van der Waals surface area contributed by atoms with Crippen LogP contribution in [0.15, 0.2) is 12.1 Å². The molecule has 0 fully saturated rings. The molecule has 1 atom stereocenters. The number of phenols is 2. The molecule has 0 saturated heterocycles. The summed E-state index contributed by atoms with van der Waals surface area (Å²) in [7, 11) is 1.41. The van der Waals surface area contributed by atoms with Crippen LogP contribution < -0.4 is 15.4 Å². The first-order valence-electron chi connectivity index (χ1n) is 9.70. The zero-order valence-corrected chi connectivity index (χ0v) is 17.4. The number of anilines is 2. The number of aliphatic hydroxyl groups excluding tert-OH is 1. The van der Waals surface area contributed by atoms with Crippen molar-refractivity contribution in [1.29, 1.82) is 0 Å². The summed E-state index contributed by atoms with van der Waals surface area (Å²) in [6.45, 7) is 6.00. The van der Waals surface area contributed by atoms with Crippen LogP contribution in [0, 0.1) is 0 Å². The van der Waals surface area contributed by atoms with Gasteiger partial charge in [-0.05, 0) is 26.3 Å². The minimum atomic E-state index is -0.193. The van der Waals surface area contributed by atoms with Gasteiger partial charge in [0.25, 0.3) is 0 Å². The molecule has 1 unspecified atom stereocenters. The van der Waals surface area contributed by atoms with Gasteiger partial charge in [-0.3, -0.25) is 0 Å². The highest BCUT2D eigenvalue weighted by atomic mass is 16.5. The number of phenolic OH excluding ortho intramolecular Hbond substituents is 2. The molecule has 1 aromatic carbocycles. The molecule has 3 rings (SSSR count). The van der Waals surface area contributed by atoms with E-state index in [1.807, 2.05) is 20.8 Å². The van der Waals surface area contributed by atoms with Crippen LogP contribution in [0.5, 0.6) is 17.2 Å². The summed E-state index contributed by atoms with van der Waals surface area (Å²) in [5, 5.41) is 44.3. The molecule has 0 saturated carbocycles. The summed E-state index contributed by atoms with van der Waals surface area (Å²) < 4.78 is 6.68. The number of nitrogens with one attached hydrogen (secondary N) is 2. The fourth-order valence-corrected chi connectivity index (χ4v) is 2.91. The summed E-state index contributed by atoms with van der Waals surface area (Å²) in [5.41, 5.74) is 1.47. The molecule has 0 aliphatic heterocycles. The topological polar surface area (TPSA) is 150 Å². The molecule has 11 nitrogen and oxygen atoms in total. The Balaban J connectivity index is 1.96. The van der Waals surface area contributed by atoms with Crippen molar-refractivity contribution in [3.05, 3.63) is 17.7 Å². The van der Waals surface area contributed by atoms with Gasteiger partial charge in [0.15, 0.2) is 28.5 Å². The SMILES string of the molecule is CCC(CO)Nc1nc(NCc2cc(O)c(OC)cc2O)c2nnn(C(C)C)c2n1. The second kappa shape index (κ2) is 8.99. The van der Waals surface area contributed by atoms with Crippen LogP contribution in [0.1, 0.15) is 38.8 Å². The number of fused-ring (bicyclic) bond motifs is 1. The van der Waals surface area contributed by atoms with Crippen molar-refractivity contribution in [2.75, 3.05) is 24.4 Å². The lowest BCUT2D eigenvalue weighted by Gasteiger charge is -2.16. The smallest absolute Gasteiger partial charge is 0.227 e. The van der Waals surface area contributed by atoms with E-state index in [9.17, 15) is 15.3 Å². The predicted octanol–water partition coefficient (Wildman–Crippen LogP) is 2.02. The Labute approximate surface area is 173 Å². The second-order valence-corrected chi connectivity index (χ2v) is 7.13. The second-order valence-electron chi connectivity index (χ2n) is 7.13. The van der Waals surface area contributed by atoms with Gasteiger partial charge in [-0.2, -0.15) is 9.97 Å². The minimum Gasteiger partial charge on any atom is -0.507 e. The van der Waals surface area contributed by atoms with E-state index in [4.69, 9.17) is 4.74 Å². The van der Waals surface area contributed by atoms with Crippen LogP contribution in [0.3, 0.4) is 0 Å². The number of benzene rings is 1. The maximum absolute atomic E-state index is 10.2. The van der Waals surface area contributed by atoms with E-state index in [0.717, 1.165) is 0 Å². The normalized spacial score (nSPS) is 12.3. The van der Waals surface area contributed by atoms with E-state index >= 15 is 0 Å². The van der Waals surface area contributed by atoms with Gasteiger partial charge in [0.2, 0.25) is 5.95 Å². The van der Waals surface area contributed by atoms with Gasteiger partial charge in [-0.1, -0.05) is 12.1 Å². The molecule has 0 bridgehead atoms. The molecular weight excluding hydrogens is 390 g/mol. The van der Waals surface area contributed by atoms with Gasteiger partial charge in [0, 0.05) is 18.2 Å². The molecule has 5 N–H and O–H groups in total. The van der Waals surface area contributed by atoms with Gasteiger partial charge in [-0.25, -0.2) is 4.68 Å². The Kier molecular flexibility index (Phi) is 6.40. The third-order valence-electron chi connectivity index (χ3n) is 4.69. The number of hydrogen-bond acceptors (Lipinski definition) is 10. The van der Waals surface area contributed by atoms with Crippen molar-refractivity contribution in [2.45, 2.75) is 45.8 Å². The van der Waals surface area contributed by atoms with Crippen molar-refractivity contribution >= 4 is 22.9 Å². The number of nitrogens with zero attached hydrogens (tertiary/aromatic N) is 5. The van der Waals surface area contributed by atoms with Crippen molar-refractivity contribution in [3.8, 4) is 17.2 Å². The lowest BCUT2D eigenvalue weighted by Crippen LogP contribution is -2.24. The van der Waals surface area contributed by atoms with Crippen LogP contribution in [-0.2, 0) is 6.54 Å². The first-order valence-corrected chi connectivity index (χ1v) is 9.70. The molecule has 0 radical (unpaired) electrons. The minimum absolute atomic E-state index is 0.0297. The molecular formula is C19H27N7O4. The molecule has 30 heavy (non-hydrogen) atoms. The quantitative estimate of drug-likeness (QED) is 0.327. The van der Waals surface area contributed by atoms with E-state index in [2.05, 4.69) is 30.9 Å². The Hall–Kier alpha value is -3.34. The van der Waals surface area contributed by atoms with Gasteiger partial charge < -0.3 is 30.7 Å². The molecule has 162 valence electrons. The first kappa shape index (κ1) is 21.4.